The van der Waals surface area contributed by atoms with Gasteiger partial charge in [0.2, 0.25) is 0 Å². The van der Waals surface area contributed by atoms with Crippen molar-refractivity contribution in [2.75, 3.05) is 0 Å². The third-order valence-electron chi connectivity index (χ3n) is 2.79. The maximum absolute atomic E-state index is 9.28. The number of hydrogen-bond donors (Lipinski definition) is 1. The predicted octanol–water partition coefficient (Wildman–Crippen LogP) is 3.98. The van der Waals surface area contributed by atoms with Crippen LogP contribution in [0.5, 0.6) is 0 Å². The van der Waals surface area contributed by atoms with Crippen LogP contribution < -0.4 is 0 Å². The first-order valence-corrected chi connectivity index (χ1v) is 7.03. The summed E-state index contributed by atoms with van der Waals surface area (Å²) in [5.41, 5.74) is 1.04. The van der Waals surface area contributed by atoms with Crippen LogP contribution in [0.15, 0.2) is 27.6 Å². The van der Waals surface area contributed by atoms with E-state index in [0.29, 0.717) is 0 Å². The highest BCUT2D eigenvalue weighted by Crippen LogP contribution is 2.36. The molecule has 0 aliphatic heterocycles. The van der Waals surface area contributed by atoms with Gasteiger partial charge < -0.3 is 5.11 Å². The number of benzene rings is 1. The molecule has 3 heteroatoms. The van der Waals surface area contributed by atoms with Crippen LogP contribution in [0, 0.1) is 0 Å². The second-order valence-corrected chi connectivity index (χ2v) is 6.19. The average molecular weight is 287 g/mol. The van der Waals surface area contributed by atoms with Gasteiger partial charge in [-0.3, -0.25) is 0 Å². The molecule has 0 radical (unpaired) electrons. The van der Waals surface area contributed by atoms with Gasteiger partial charge in [0.1, 0.15) is 0 Å². The third kappa shape index (κ3) is 2.99. The molecule has 0 spiro atoms. The van der Waals surface area contributed by atoms with E-state index in [4.69, 9.17) is 0 Å². The van der Waals surface area contributed by atoms with Crippen molar-refractivity contribution in [3.63, 3.8) is 0 Å². The van der Waals surface area contributed by atoms with E-state index in [1.807, 2.05) is 17.8 Å². The zero-order chi connectivity index (χ0) is 10.7. The number of aliphatic hydroxyl groups is 1. The minimum Gasteiger partial charge on any atom is -0.392 e. The number of hydrogen-bond acceptors (Lipinski definition) is 2. The molecule has 1 aliphatic rings. The van der Waals surface area contributed by atoms with Gasteiger partial charge in [0.25, 0.3) is 0 Å². The molecule has 1 aromatic rings. The second-order valence-electron chi connectivity index (χ2n) is 3.93. The highest BCUT2D eigenvalue weighted by molar-refractivity contribution is 9.10. The third-order valence-corrected chi connectivity index (χ3v) is 4.74. The van der Waals surface area contributed by atoms with E-state index in [1.54, 1.807) is 0 Å². The minimum absolute atomic E-state index is 0.133. The SMILES string of the molecule is OCc1cc(Br)ccc1SC1CCCC1. The van der Waals surface area contributed by atoms with E-state index in [1.165, 1.54) is 30.6 Å². The molecule has 0 aromatic heterocycles. The van der Waals surface area contributed by atoms with E-state index >= 15 is 0 Å². The van der Waals surface area contributed by atoms with Crippen molar-refractivity contribution in [3.05, 3.63) is 28.2 Å². The lowest BCUT2D eigenvalue weighted by Crippen LogP contribution is -1.96. The zero-order valence-corrected chi connectivity index (χ0v) is 11.0. The Labute approximate surface area is 103 Å². The number of halogens is 1. The van der Waals surface area contributed by atoms with Gasteiger partial charge in [0, 0.05) is 14.6 Å². The largest absolute Gasteiger partial charge is 0.392 e. The van der Waals surface area contributed by atoms with Crippen LogP contribution in [-0.2, 0) is 6.61 Å². The molecule has 1 saturated carbocycles. The Morgan fingerprint density at radius 3 is 2.73 bits per heavy atom. The van der Waals surface area contributed by atoms with Crippen molar-refractivity contribution in [1.29, 1.82) is 0 Å². The maximum atomic E-state index is 9.28. The van der Waals surface area contributed by atoms with Gasteiger partial charge in [-0.05, 0) is 36.6 Å². The van der Waals surface area contributed by atoms with Crippen molar-refractivity contribution in [2.45, 2.75) is 42.4 Å². The van der Waals surface area contributed by atoms with Gasteiger partial charge >= 0.3 is 0 Å². The fourth-order valence-corrected chi connectivity index (χ4v) is 3.73. The monoisotopic (exact) mass is 286 g/mol. The van der Waals surface area contributed by atoms with Crippen LogP contribution in [0.1, 0.15) is 31.2 Å². The summed E-state index contributed by atoms with van der Waals surface area (Å²) >= 11 is 5.36. The molecular weight excluding hydrogens is 272 g/mol. The Kier molecular flexibility index (Phi) is 4.12. The van der Waals surface area contributed by atoms with Gasteiger partial charge in [-0.15, -0.1) is 11.8 Å². The lowest BCUT2D eigenvalue weighted by Gasteiger charge is -2.12. The molecule has 15 heavy (non-hydrogen) atoms. The standard InChI is InChI=1S/C12H15BrOS/c13-10-5-6-12(9(7-10)8-14)15-11-3-1-2-4-11/h5-7,11,14H,1-4,8H2. The molecule has 1 aromatic carbocycles. The number of rotatable bonds is 3. The summed E-state index contributed by atoms with van der Waals surface area (Å²) in [6.45, 7) is 0.133. The van der Waals surface area contributed by atoms with Crippen LogP contribution >= 0.6 is 27.7 Å². The highest BCUT2D eigenvalue weighted by atomic mass is 79.9. The van der Waals surface area contributed by atoms with E-state index < -0.39 is 0 Å². The first-order valence-electron chi connectivity index (χ1n) is 5.35. The summed E-state index contributed by atoms with van der Waals surface area (Å²) in [6.07, 6.45) is 5.38. The molecule has 0 saturated heterocycles. The Balaban J connectivity index is 2.12. The van der Waals surface area contributed by atoms with E-state index in [-0.39, 0.29) is 6.61 Å². The topological polar surface area (TPSA) is 20.2 Å². The Morgan fingerprint density at radius 2 is 2.07 bits per heavy atom. The summed E-state index contributed by atoms with van der Waals surface area (Å²) in [7, 11) is 0. The molecule has 1 aliphatic carbocycles. The first kappa shape index (κ1) is 11.5. The minimum atomic E-state index is 0.133. The Hall–Kier alpha value is 0.01000. The number of thioether (sulfide) groups is 1. The summed E-state index contributed by atoms with van der Waals surface area (Å²) in [5, 5.41) is 10.0. The van der Waals surface area contributed by atoms with Crippen LogP contribution in [-0.4, -0.2) is 10.4 Å². The highest BCUT2D eigenvalue weighted by Gasteiger charge is 2.17. The quantitative estimate of drug-likeness (QED) is 0.907. The van der Waals surface area contributed by atoms with Crippen molar-refractivity contribution in [1.82, 2.24) is 0 Å². The van der Waals surface area contributed by atoms with Crippen LogP contribution in [0.4, 0.5) is 0 Å². The van der Waals surface area contributed by atoms with Crippen molar-refractivity contribution < 1.29 is 5.11 Å². The normalized spacial score (nSPS) is 17.2. The lowest BCUT2D eigenvalue weighted by molar-refractivity contribution is 0.279. The summed E-state index contributed by atoms with van der Waals surface area (Å²) in [6, 6.07) is 6.17. The molecule has 0 bridgehead atoms. The lowest BCUT2D eigenvalue weighted by atomic mass is 10.2. The Bertz CT molecular complexity index is 334. The van der Waals surface area contributed by atoms with Crippen molar-refractivity contribution >= 4 is 27.7 Å². The van der Waals surface area contributed by atoms with Crippen LogP contribution in [0.2, 0.25) is 0 Å². The van der Waals surface area contributed by atoms with Gasteiger partial charge in [-0.1, -0.05) is 28.8 Å². The first-order chi connectivity index (χ1) is 7.29. The molecular formula is C12H15BrOS. The van der Waals surface area contributed by atoms with Gasteiger partial charge in [-0.25, -0.2) is 0 Å². The molecule has 0 amide bonds. The predicted molar refractivity (Wildman–Crippen MR) is 68.2 cm³/mol. The molecule has 2 rings (SSSR count). The van der Waals surface area contributed by atoms with E-state index in [2.05, 4.69) is 28.1 Å². The van der Waals surface area contributed by atoms with Crippen molar-refractivity contribution in [2.24, 2.45) is 0 Å². The fraction of sp³-hybridized carbons (Fsp3) is 0.500. The summed E-state index contributed by atoms with van der Waals surface area (Å²) in [5.74, 6) is 0. The number of aliphatic hydroxyl groups excluding tert-OH is 1. The van der Waals surface area contributed by atoms with Gasteiger partial charge in [0.15, 0.2) is 0 Å². The molecule has 0 atom stereocenters. The second kappa shape index (κ2) is 5.37. The van der Waals surface area contributed by atoms with Crippen LogP contribution in [0.3, 0.4) is 0 Å². The smallest absolute Gasteiger partial charge is 0.0693 e. The zero-order valence-electron chi connectivity index (χ0n) is 8.58. The molecule has 1 nitrogen and oxygen atoms in total. The molecule has 1 fully saturated rings. The maximum Gasteiger partial charge on any atom is 0.0693 e. The average Bonchev–Trinajstić information content (AvgIpc) is 2.73. The molecule has 1 N–H and O–H groups in total. The fourth-order valence-electron chi connectivity index (χ4n) is 1.97. The molecule has 0 unspecified atom stereocenters. The van der Waals surface area contributed by atoms with Gasteiger partial charge in [0.05, 0.1) is 6.61 Å². The van der Waals surface area contributed by atoms with E-state index in [9.17, 15) is 5.11 Å². The van der Waals surface area contributed by atoms with Crippen molar-refractivity contribution in [3.8, 4) is 0 Å². The molecule has 82 valence electrons. The summed E-state index contributed by atoms with van der Waals surface area (Å²) < 4.78 is 1.04. The van der Waals surface area contributed by atoms with Crippen LogP contribution in [0.25, 0.3) is 0 Å². The van der Waals surface area contributed by atoms with Gasteiger partial charge in [-0.2, -0.15) is 0 Å². The van der Waals surface area contributed by atoms with E-state index in [0.717, 1.165) is 15.3 Å². The Morgan fingerprint density at radius 1 is 1.33 bits per heavy atom. The summed E-state index contributed by atoms with van der Waals surface area (Å²) in [4.78, 5) is 1.24. The molecule has 0 heterocycles.